The summed E-state index contributed by atoms with van der Waals surface area (Å²) in [5.74, 6) is 0.829. The third kappa shape index (κ3) is 4.96. The molecule has 2 heteroatoms. The molecule has 106 valence electrons. The van der Waals surface area contributed by atoms with Crippen LogP contribution in [-0.2, 0) is 6.42 Å². The van der Waals surface area contributed by atoms with Crippen LogP contribution in [0.4, 0.5) is 0 Å². The zero-order chi connectivity index (χ0) is 13.5. The molecule has 0 spiro atoms. The summed E-state index contributed by atoms with van der Waals surface area (Å²) in [5.41, 5.74) is 1.46. The molecular weight excluding hydrogens is 232 g/mol. The molecule has 0 bridgehead atoms. The number of hydrogen-bond acceptors (Lipinski definition) is 2. The van der Waals surface area contributed by atoms with E-state index in [2.05, 4.69) is 54.4 Å². The minimum Gasteiger partial charge on any atom is -0.314 e. The number of nitrogens with zero attached hydrogens (tertiary/aromatic N) is 1. The zero-order valence-corrected chi connectivity index (χ0v) is 12.4. The predicted molar refractivity (Wildman–Crippen MR) is 82.4 cm³/mol. The van der Waals surface area contributed by atoms with Gasteiger partial charge in [0.15, 0.2) is 0 Å². The largest absolute Gasteiger partial charge is 0.314 e. The molecule has 1 atom stereocenters. The lowest BCUT2D eigenvalue weighted by Gasteiger charge is -2.36. The van der Waals surface area contributed by atoms with E-state index in [9.17, 15) is 0 Å². The fraction of sp³-hybridized carbons (Fsp3) is 0.647. The van der Waals surface area contributed by atoms with Gasteiger partial charge in [0.05, 0.1) is 0 Å². The molecular formula is C17H28N2. The van der Waals surface area contributed by atoms with Crippen molar-refractivity contribution in [2.45, 2.75) is 39.2 Å². The van der Waals surface area contributed by atoms with Crippen molar-refractivity contribution >= 4 is 0 Å². The van der Waals surface area contributed by atoms with Crippen molar-refractivity contribution in [2.75, 3.05) is 26.2 Å². The Bertz CT molecular complexity index is 348. The Hall–Kier alpha value is -0.860. The normalized spacial score (nSPS) is 20.9. The molecule has 2 rings (SSSR count). The van der Waals surface area contributed by atoms with Crippen LogP contribution in [0.15, 0.2) is 30.3 Å². The number of hydrogen-bond donors (Lipinski definition) is 1. The lowest BCUT2D eigenvalue weighted by Crippen LogP contribution is -2.52. The van der Waals surface area contributed by atoms with E-state index in [-0.39, 0.29) is 0 Å². The highest BCUT2D eigenvalue weighted by molar-refractivity contribution is 5.16. The zero-order valence-electron chi connectivity index (χ0n) is 12.4. The van der Waals surface area contributed by atoms with Crippen LogP contribution < -0.4 is 5.32 Å². The van der Waals surface area contributed by atoms with Crippen LogP contribution in [0.3, 0.4) is 0 Å². The first-order valence-corrected chi connectivity index (χ1v) is 7.74. The first-order valence-electron chi connectivity index (χ1n) is 7.74. The average Bonchev–Trinajstić information content (AvgIpc) is 2.41. The Kier molecular flexibility index (Phi) is 5.87. The van der Waals surface area contributed by atoms with Crippen LogP contribution in [-0.4, -0.2) is 37.1 Å². The van der Waals surface area contributed by atoms with E-state index >= 15 is 0 Å². The fourth-order valence-corrected chi connectivity index (χ4v) is 2.89. The molecule has 1 fully saturated rings. The summed E-state index contributed by atoms with van der Waals surface area (Å²) in [4.78, 5) is 2.69. The Labute approximate surface area is 118 Å². The molecule has 1 saturated heterocycles. The summed E-state index contributed by atoms with van der Waals surface area (Å²) in [6, 6.07) is 11.6. The highest BCUT2D eigenvalue weighted by atomic mass is 15.2. The molecule has 0 aromatic heterocycles. The maximum atomic E-state index is 3.54. The van der Waals surface area contributed by atoms with Crippen LogP contribution >= 0.6 is 0 Å². The summed E-state index contributed by atoms with van der Waals surface area (Å²) in [6.45, 7) is 9.38. The summed E-state index contributed by atoms with van der Waals surface area (Å²) >= 11 is 0. The van der Waals surface area contributed by atoms with Crippen molar-refractivity contribution in [3.8, 4) is 0 Å². The van der Waals surface area contributed by atoms with Crippen molar-refractivity contribution in [3.63, 3.8) is 0 Å². The van der Waals surface area contributed by atoms with Gasteiger partial charge in [-0.2, -0.15) is 0 Å². The lowest BCUT2D eigenvalue weighted by molar-refractivity contribution is 0.155. The Balaban J connectivity index is 1.85. The number of benzene rings is 1. The molecule has 0 saturated carbocycles. The third-order valence-electron chi connectivity index (χ3n) is 4.01. The average molecular weight is 260 g/mol. The minimum absolute atomic E-state index is 0.670. The van der Waals surface area contributed by atoms with E-state index < -0.39 is 0 Å². The Morgan fingerprint density at radius 3 is 2.79 bits per heavy atom. The van der Waals surface area contributed by atoms with Gasteiger partial charge in [-0.25, -0.2) is 0 Å². The first kappa shape index (κ1) is 14.5. The van der Waals surface area contributed by atoms with Gasteiger partial charge in [-0.15, -0.1) is 0 Å². The van der Waals surface area contributed by atoms with Crippen molar-refractivity contribution in [2.24, 2.45) is 5.92 Å². The monoisotopic (exact) mass is 260 g/mol. The molecule has 1 N–H and O–H groups in total. The maximum absolute atomic E-state index is 3.54. The van der Waals surface area contributed by atoms with Gasteiger partial charge in [0.25, 0.3) is 0 Å². The van der Waals surface area contributed by atoms with Gasteiger partial charge in [-0.05, 0) is 37.3 Å². The van der Waals surface area contributed by atoms with Gasteiger partial charge >= 0.3 is 0 Å². The maximum Gasteiger partial charge on any atom is 0.0261 e. The minimum atomic E-state index is 0.670. The molecule has 2 nitrogen and oxygen atoms in total. The lowest BCUT2D eigenvalue weighted by atomic mass is 10.0. The number of rotatable bonds is 6. The molecule has 0 radical (unpaired) electrons. The van der Waals surface area contributed by atoms with E-state index in [1.165, 1.54) is 37.9 Å². The van der Waals surface area contributed by atoms with Crippen LogP contribution in [0.1, 0.15) is 32.3 Å². The smallest absolute Gasteiger partial charge is 0.0261 e. The van der Waals surface area contributed by atoms with Gasteiger partial charge < -0.3 is 5.32 Å². The van der Waals surface area contributed by atoms with E-state index in [1.54, 1.807) is 0 Å². The molecule has 0 aliphatic carbocycles. The predicted octanol–water partition coefficient (Wildman–Crippen LogP) is 2.94. The summed E-state index contributed by atoms with van der Waals surface area (Å²) < 4.78 is 0. The summed E-state index contributed by atoms with van der Waals surface area (Å²) in [6.07, 6.45) is 3.86. The van der Waals surface area contributed by atoms with Gasteiger partial charge in [0, 0.05) is 25.7 Å². The summed E-state index contributed by atoms with van der Waals surface area (Å²) in [7, 11) is 0. The van der Waals surface area contributed by atoms with E-state index in [1.807, 2.05) is 0 Å². The third-order valence-corrected chi connectivity index (χ3v) is 4.01. The molecule has 1 aromatic carbocycles. The van der Waals surface area contributed by atoms with Crippen LogP contribution in [0.5, 0.6) is 0 Å². The van der Waals surface area contributed by atoms with Crippen LogP contribution in [0, 0.1) is 5.92 Å². The second-order valence-electron chi connectivity index (χ2n) is 6.12. The second kappa shape index (κ2) is 7.66. The standard InChI is InChI=1S/C17H28N2/c1-15(2)7-6-11-19-12-10-18-14-17(19)13-16-8-4-3-5-9-16/h3-5,8-9,15,17-18H,6-7,10-14H2,1-2H3. The quantitative estimate of drug-likeness (QED) is 0.846. The number of nitrogens with one attached hydrogen (secondary N) is 1. The van der Waals surface area contributed by atoms with E-state index in [0.29, 0.717) is 6.04 Å². The highest BCUT2D eigenvalue weighted by Crippen LogP contribution is 2.13. The fourth-order valence-electron chi connectivity index (χ4n) is 2.89. The Morgan fingerprint density at radius 1 is 1.26 bits per heavy atom. The van der Waals surface area contributed by atoms with Gasteiger partial charge in [0.1, 0.15) is 0 Å². The first-order chi connectivity index (χ1) is 9.25. The molecule has 1 unspecified atom stereocenters. The van der Waals surface area contributed by atoms with Crippen LogP contribution in [0.25, 0.3) is 0 Å². The number of piperazine rings is 1. The van der Waals surface area contributed by atoms with Gasteiger partial charge in [-0.1, -0.05) is 44.2 Å². The molecule has 1 aliphatic rings. The molecule has 19 heavy (non-hydrogen) atoms. The van der Waals surface area contributed by atoms with Crippen molar-refractivity contribution < 1.29 is 0 Å². The molecule has 1 aromatic rings. The van der Waals surface area contributed by atoms with Crippen molar-refractivity contribution in [1.29, 1.82) is 0 Å². The van der Waals surface area contributed by atoms with E-state index in [0.717, 1.165) is 19.0 Å². The molecule has 0 amide bonds. The van der Waals surface area contributed by atoms with Gasteiger partial charge in [-0.3, -0.25) is 4.90 Å². The van der Waals surface area contributed by atoms with Gasteiger partial charge in [0.2, 0.25) is 0 Å². The molecule has 1 heterocycles. The van der Waals surface area contributed by atoms with E-state index in [4.69, 9.17) is 0 Å². The molecule has 1 aliphatic heterocycles. The van der Waals surface area contributed by atoms with Crippen LogP contribution in [0.2, 0.25) is 0 Å². The topological polar surface area (TPSA) is 15.3 Å². The highest BCUT2D eigenvalue weighted by Gasteiger charge is 2.21. The summed E-state index contributed by atoms with van der Waals surface area (Å²) in [5, 5.41) is 3.54. The Morgan fingerprint density at radius 2 is 2.05 bits per heavy atom. The van der Waals surface area contributed by atoms with Crippen molar-refractivity contribution in [3.05, 3.63) is 35.9 Å². The van der Waals surface area contributed by atoms with Crippen molar-refractivity contribution in [1.82, 2.24) is 10.2 Å². The SMILES string of the molecule is CC(C)CCCN1CCNCC1Cc1ccccc1. The second-order valence-corrected chi connectivity index (χ2v) is 6.12.